The number of anilines is 1. The molecule has 0 saturated heterocycles. The molecule has 0 aliphatic rings. The first kappa shape index (κ1) is 13.0. The lowest BCUT2D eigenvalue weighted by atomic mass is 10.1. The molecule has 1 aromatic carbocycles. The maximum atomic E-state index is 5.23. The third-order valence-corrected chi connectivity index (χ3v) is 3.98. The molecule has 0 aliphatic carbocycles. The predicted molar refractivity (Wildman–Crippen MR) is 78.8 cm³/mol. The molecule has 1 heterocycles. The van der Waals surface area contributed by atoms with Gasteiger partial charge in [0.05, 0.1) is 7.11 Å². The van der Waals surface area contributed by atoms with Crippen molar-refractivity contribution in [3.05, 3.63) is 45.6 Å². The molecule has 2 nitrogen and oxygen atoms in total. The van der Waals surface area contributed by atoms with Crippen molar-refractivity contribution in [1.29, 1.82) is 0 Å². The monoisotopic (exact) mass is 261 g/mol. The van der Waals surface area contributed by atoms with Crippen molar-refractivity contribution < 1.29 is 4.74 Å². The van der Waals surface area contributed by atoms with Gasteiger partial charge in [0, 0.05) is 27.5 Å². The van der Waals surface area contributed by atoms with Crippen molar-refractivity contribution in [2.24, 2.45) is 0 Å². The van der Waals surface area contributed by atoms with Crippen molar-refractivity contribution in [1.82, 2.24) is 0 Å². The molecule has 0 amide bonds. The van der Waals surface area contributed by atoms with Crippen LogP contribution >= 0.6 is 11.3 Å². The van der Waals surface area contributed by atoms with Crippen LogP contribution in [0.2, 0.25) is 0 Å². The minimum Gasteiger partial charge on any atom is -0.497 e. The topological polar surface area (TPSA) is 21.3 Å². The molecule has 0 aliphatic heterocycles. The van der Waals surface area contributed by atoms with Crippen LogP contribution in [0.15, 0.2) is 30.3 Å². The first-order valence-electron chi connectivity index (χ1n) is 6.07. The second kappa shape index (κ2) is 5.44. The van der Waals surface area contributed by atoms with Gasteiger partial charge in [-0.15, -0.1) is 11.3 Å². The Balaban J connectivity index is 2.15. The van der Waals surface area contributed by atoms with Gasteiger partial charge in [0.2, 0.25) is 0 Å². The van der Waals surface area contributed by atoms with Crippen molar-refractivity contribution in [3.8, 4) is 5.75 Å². The Bertz CT molecular complexity index is 533. The van der Waals surface area contributed by atoms with Gasteiger partial charge in [0.1, 0.15) is 5.75 Å². The van der Waals surface area contributed by atoms with E-state index in [0.717, 1.165) is 11.4 Å². The number of benzene rings is 1. The minimum atomic E-state index is 0.307. The largest absolute Gasteiger partial charge is 0.497 e. The molecule has 18 heavy (non-hydrogen) atoms. The van der Waals surface area contributed by atoms with Gasteiger partial charge in [-0.3, -0.25) is 0 Å². The molecule has 1 N–H and O–H groups in total. The number of nitrogens with one attached hydrogen (secondary N) is 1. The van der Waals surface area contributed by atoms with Gasteiger partial charge in [-0.2, -0.15) is 0 Å². The molecule has 1 atom stereocenters. The Hall–Kier alpha value is -1.48. The number of thiophene rings is 1. The smallest absolute Gasteiger partial charge is 0.120 e. The normalized spacial score (nSPS) is 12.2. The molecule has 3 heteroatoms. The van der Waals surface area contributed by atoms with Crippen LogP contribution in [0.5, 0.6) is 5.75 Å². The molecule has 0 saturated carbocycles. The summed E-state index contributed by atoms with van der Waals surface area (Å²) in [5.74, 6) is 0.880. The number of hydrogen-bond acceptors (Lipinski definition) is 3. The van der Waals surface area contributed by atoms with Gasteiger partial charge in [-0.1, -0.05) is 6.07 Å². The lowest BCUT2D eigenvalue weighted by Gasteiger charge is -2.16. The quantitative estimate of drug-likeness (QED) is 0.872. The van der Waals surface area contributed by atoms with Crippen LogP contribution in [0.4, 0.5) is 5.69 Å². The van der Waals surface area contributed by atoms with Gasteiger partial charge in [0.25, 0.3) is 0 Å². The summed E-state index contributed by atoms with van der Waals surface area (Å²) in [7, 11) is 1.69. The number of aryl methyl sites for hydroxylation is 2. The van der Waals surface area contributed by atoms with Crippen LogP contribution in [0.3, 0.4) is 0 Å². The highest BCUT2D eigenvalue weighted by Crippen LogP contribution is 2.29. The zero-order chi connectivity index (χ0) is 13.1. The maximum Gasteiger partial charge on any atom is 0.120 e. The van der Waals surface area contributed by atoms with Crippen LogP contribution in [-0.4, -0.2) is 7.11 Å². The highest BCUT2D eigenvalue weighted by Gasteiger charge is 2.11. The molecule has 1 unspecified atom stereocenters. The maximum absolute atomic E-state index is 5.23. The lowest BCUT2D eigenvalue weighted by molar-refractivity contribution is 0.415. The fourth-order valence-corrected chi connectivity index (χ4v) is 3.14. The minimum absolute atomic E-state index is 0.307. The molecule has 0 radical (unpaired) electrons. The standard InChI is InChI=1S/C15H19NOS/c1-10-8-15(12(3)18-10)11(2)16-13-6-5-7-14(9-13)17-4/h5-9,11,16H,1-4H3. The fourth-order valence-electron chi connectivity index (χ4n) is 2.12. The number of rotatable bonds is 4. The molecular weight excluding hydrogens is 242 g/mol. The van der Waals surface area contributed by atoms with Crippen molar-refractivity contribution >= 4 is 17.0 Å². The van der Waals surface area contributed by atoms with Crippen molar-refractivity contribution in [3.63, 3.8) is 0 Å². The van der Waals surface area contributed by atoms with E-state index in [-0.39, 0.29) is 0 Å². The van der Waals surface area contributed by atoms with Crippen LogP contribution < -0.4 is 10.1 Å². The van der Waals surface area contributed by atoms with E-state index in [9.17, 15) is 0 Å². The zero-order valence-corrected chi connectivity index (χ0v) is 12.1. The second-order valence-corrected chi connectivity index (χ2v) is 5.93. The van der Waals surface area contributed by atoms with Crippen molar-refractivity contribution in [2.75, 3.05) is 12.4 Å². The highest BCUT2D eigenvalue weighted by molar-refractivity contribution is 7.12. The molecule has 2 rings (SSSR count). The summed E-state index contributed by atoms with van der Waals surface area (Å²) in [4.78, 5) is 2.75. The van der Waals surface area contributed by atoms with E-state index in [2.05, 4.69) is 38.2 Å². The Morgan fingerprint density at radius 1 is 1.22 bits per heavy atom. The van der Waals surface area contributed by atoms with Crippen LogP contribution in [0.1, 0.15) is 28.3 Å². The van der Waals surface area contributed by atoms with E-state index in [4.69, 9.17) is 4.74 Å². The SMILES string of the molecule is COc1cccc(NC(C)c2cc(C)sc2C)c1. The number of methoxy groups -OCH3 is 1. The van der Waals surface area contributed by atoms with Gasteiger partial charge in [-0.05, 0) is 44.5 Å². The summed E-state index contributed by atoms with van der Waals surface area (Å²) >= 11 is 1.85. The van der Waals surface area contributed by atoms with E-state index in [0.29, 0.717) is 6.04 Å². The average molecular weight is 261 g/mol. The highest BCUT2D eigenvalue weighted by atomic mass is 32.1. The van der Waals surface area contributed by atoms with Crippen molar-refractivity contribution in [2.45, 2.75) is 26.8 Å². The first-order valence-corrected chi connectivity index (χ1v) is 6.89. The lowest BCUT2D eigenvalue weighted by Crippen LogP contribution is -2.06. The summed E-state index contributed by atoms with van der Waals surface area (Å²) in [5.41, 5.74) is 2.46. The average Bonchev–Trinajstić information content (AvgIpc) is 2.69. The Labute approximate surface area is 113 Å². The molecule has 1 aromatic heterocycles. The molecule has 0 bridgehead atoms. The second-order valence-electron chi connectivity index (χ2n) is 4.47. The third kappa shape index (κ3) is 2.85. The van der Waals surface area contributed by atoms with E-state index >= 15 is 0 Å². The molecular formula is C15H19NOS. The summed E-state index contributed by atoms with van der Waals surface area (Å²) < 4.78 is 5.23. The third-order valence-electron chi connectivity index (χ3n) is 3.00. The Kier molecular flexibility index (Phi) is 3.92. The summed E-state index contributed by atoms with van der Waals surface area (Å²) in [6.45, 7) is 6.52. The van der Waals surface area contributed by atoms with E-state index < -0.39 is 0 Å². The van der Waals surface area contributed by atoms with Gasteiger partial charge >= 0.3 is 0 Å². The molecule has 0 fully saturated rings. The zero-order valence-electron chi connectivity index (χ0n) is 11.3. The van der Waals surface area contributed by atoms with Gasteiger partial charge in [-0.25, -0.2) is 0 Å². The van der Waals surface area contributed by atoms with Crippen LogP contribution in [-0.2, 0) is 0 Å². The van der Waals surface area contributed by atoms with Gasteiger partial charge < -0.3 is 10.1 Å². The molecule has 96 valence electrons. The van der Waals surface area contributed by atoms with E-state index in [1.807, 2.05) is 29.5 Å². The van der Waals surface area contributed by atoms with E-state index in [1.54, 1.807) is 7.11 Å². The summed E-state index contributed by atoms with van der Waals surface area (Å²) in [5, 5.41) is 3.51. The number of hydrogen-bond donors (Lipinski definition) is 1. The number of ether oxygens (including phenoxy) is 1. The van der Waals surface area contributed by atoms with Crippen LogP contribution in [0.25, 0.3) is 0 Å². The Morgan fingerprint density at radius 3 is 2.61 bits per heavy atom. The van der Waals surface area contributed by atoms with E-state index in [1.165, 1.54) is 15.3 Å². The Morgan fingerprint density at radius 2 is 2.00 bits per heavy atom. The predicted octanol–water partition coefficient (Wildman–Crippen LogP) is 4.55. The summed E-state index contributed by atoms with van der Waals surface area (Å²) in [6, 6.07) is 10.6. The molecule has 2 aromatic rings. The van der Waals surface area contributed by atoms with Gasteiger partial charge in [0.15, 0.2) is 0 Å². The fraction of sp³-hybridized carbons (Fsp3) is 0.333. The van der Waals surface area contributed by atoms with Crippen LogP contribution in [0, 0.1) is 13.8 Å². The molecule has 0 spiro atoms. The summed E-state index contributed by atoms with van der Waals surface area (Å²) in [6.07, 6.45) is 0. The first-order chi connectivity index (χ1) is 8.60.